The molecule has 0 aromatic rings. The van der Waals surface area contributed by atoms with E-state index >= 15 is 0 Å². The van der Waals surface area contributed by atoms with Crippen LogP contribution in [0.3, 0.4) is 0 Å². The van der Waals surface area contributed by atoms with Crippen molar-refractivity contribution in [1.82, 2.24) is 5.32 Å². The fourth-order valence-electron chi connectivity index (χ4n) is 8.11. The molecule has 0 radical (unpaired) electrons. The first-order chi connectivity index (χ1) is 33.2. The second-order valence-electron chi connectivity index (χ2n) is 18.9. The Balaban J connectivity index is 2.18. The molecule has 0 aromatic carbocycles. The first-order valence-corrected chi connectivity index (χ1v) is 27.6. The van der Waals surface area contributed by atoms with Gasteiger partial charge in [-0.15, -0.1) is 0 Å². The quantitative estimate of drug-likeness (QED) is 0.0196. The van der Waals surface area contributed by atoms with Crippen LogP contribution in [-0.4, -0.2) is 100 Å². The molecule has 7 unspecified atom stereocenters. The zero-order valence-corrected chi connectivity index (χ0v) is 43.0. The van der Waals surface area contributed by atoms with Crippen molar-refractivity contribution in [3.63, 3.8) is 0 Å². The third-order valence-corrected chi connectivity index (χ3v) is 12.6. The number of ether oxygens (including phenoxy) is 3. The molecule has 1 saturated heterocycles. The third-order valence-electron chi connectivity index (χ3n) is 12.6. The molecule has 7 atom stereocenters. The van der Waals surface area contributed by atoms with Crippen LogP contribution in [0.25, 0.3) is 0 Å². The predicted octanol–water partition coefficient (Wildman–Crippen LogP) is 11.9. The van der Waals surface area contributed by atoms with E-state index in [1.54, 1.807) is 6.08 Å². The lowest BCUT2D eigenvalue weighted by molar-refractivity contribution is -0.302. The monoisotopic (exact) mass is 960 g/mol. The van der Waals surface area contributed by atoms with Crippen molar-refractivity contribution in [3.05, 3.63) is 60.8 Å². The van der Waals surface area contributed by atoms with Crippen molar-refractivity contribution >= 4 is 11.9 Å². The Morgan fingerprint density at radius 2 is 1.01 bits per heavy atom. The zero-order valence-electron chi connectivity index (χ0n) is 43.0. The van der Waals surface area contributed by atoms with Crippen molar-refractivity contribution in [2.45, 2.75) is 269 Å². The van der Waals surface area contributed by atoms with Gasteiger partial charge in [0.25, 0.3) is 0 Å². The summed E-state index contributed by atoms with van der Waals surface area (Å²) in [6.07, 6.45) is 48.7. The molecule has 0 aliphatic carbocycles. The summed E-state index contributed by atoms with van der Waals surface area (Å²) >= 11 is 0. The number of hydrogen-bond donors (Lipinski definition) is 6. The standard InChI is InChI=1S/C57H101NO10/c1-3-5-7-9-11-13-15-24-27-31-35-39-43-50(60)49(48-67-57-56(65)55(64)54(63)51(47-59)68-57)58-52(61)44-40-36-32-28-25-21-19-17-16-18-20-22-26-30-34-38-42-46-66-53(62)45-41-37-33-29-23-14-12-10-8-6-4-2/h10,12,16,18,22,24,26-27,39,43,49-51,54-57,59-60,63-65H,3-9,11,13-15,17,19-21,23,25,28-38,40-42,44-48H2,1-2H3,(H,58,61)/b12-10-,18-16-,26-22-,27-24+,43-39+. The van der Waals surface area contributed by atoms with Gasteiger partial charge in [0, 0.05) is 12.8 Å². The van der Waals surface area contributed by atoms with Gasteiger partial charge in [0.2, 0.25) is 5.91 Å². The van der Waals surface area contributed by atoms with E-state index in [-0.39, 0.29) is 18.5 Å². The van der Waals surface area contributed by atoms with Gasteiger partial charge in [0.15, 0.2) is 6.29 Å². The molecule has 0 saturated carbocycles. The highest BCUT2D eigenvalue weighted by atomic mass is 16.7. The van der Waals surface area contributed by atoms with Crippen LogP contribution < -0.4 is 5.32 Å². The Kier molecular flexibility index (Phi) is 43.5. The van der Waals surface area contributed by atoms with Crippen molar-refractivity contribution in [3.8, 4) is 0 Å². The Bertz CT molecular complexity index is 1310. The van der Waals surface area contributed by atoms with Crippen LogP contribution in [0.5, 0.6) is 0 Å². The number of carbonyl (C=O) groups excluding carboxylic acids is 2. The van der Waals surface area contributed by atoms with Gasteiger partial charge in [-0.3, -0.25) is 9.59 Å². The van der Waals surface area contributed by atoms with Crippen molar-refractivity contribution in [2.75, 3.05) is 19.8 Å². The lowest BCUT2D eigenvalue weighted by Gasteiger charge is -2.40. The van der Waals surface area contributed by atoms with E-state index in [1.807, 2.05) is 6.08 Å². The van der Waals surface area contributed by atoms with E-state index < -0.39 is 49.5 Å². The minimum absolute atomic E-state index is 0.0453. The molecule has 394 valence electrons. The number of rotatable bonds is 46. The molecule has 11 nitrogen and oxygen atoms in total. The molecular weight excluding hydrogens is 859 g/mol. The summed E-state index contributed by atoms with van der Waals surface area (Å²) in [7, 11) is 0. The van der Waals surface area contributed by atoms with Gasteiger partial charge >= 0.3 is 5.97 Å². The number of nitrogens with one attached hydrogen (secondary N) is 1. The molecule has 68 heavy (non-hydrogen) atoms. The summed E-state index contributed by atoms with van der Waals surface area (Å²) in [5.74, 6) is -0.256. The fraction of sp³-hybridized carbons (Fsp3) is 0.789. The van der Waals surface area contributed by atoms with E-state index in [0.29, 0.717) is 19.4 Å². The fourth-order valence-corrected chi connectivity index (χ4v) is 8.11. The van der Waals surface area contributed by atoms with E-state index in [0.717, 1.165) is 96.3 Å². The minimum atomic E-state index is -1.58. The van der Waals surface area contributed by atoms with Crippen LogP contribution in [-0.2, 0) is 23.8 Å². The number of unbranched alkanes of at least 4 members (excludes halogenated alkanes) is 24. The molecule has 0 spiro atoms. The van der Waals surface area contributed by atoms with Gasteiger partial charge in [-0.2, -0.15) is 0 Å². The average Bonchev–Trinajstić information content (AvgIpc) is 3.33. The van der Waals surface area contributed by atoms with E-state index in [9.17, 15) is 35.1 Å². The zero-order chi connectivity index (χ0) is 49.6. The number of amides is 1. The SMILES string of the molecule is CCCC/C=C\CCCCCCCC(=O)OCCCCC/C=C\C/C=C\CCCCCCCCCC(=O)NC(COC1OC(CO)C(O)C(O)C1O)C(O)/C=C/CC/C=C/CCCCCCCC. The summed E-state index contributed by atoms with van der Waals surface area (Å²) in [5.41, 5.74) is 0. The maximum absolute atomic E-state index is 13.0. The number of aliphatic hydroxyl groups is 5. The number of allylic oxidation sites excluding steroid dienone is 9. The minimum Gasteiger partial charge on any atom is -0.466 e. The molecule has 0 bridgehead atoms. The Morgan fingerprint density at radius 1 is 0.544 bits per heavy atom. The molecule has 0 aromatic heterocycles. The molecule has 1 fully saturated rings. The molecule has 1 amide bonds. The maximum Gasteiger partial charge on any atom is 0.305 e. The smallest absolute Gasteiger partial charge is 0.305 e. The number of esters is 1. The highest BCUT2D eigenvalue weighted by Gasteiger charge is 2.44. The second kappa shape index (κ2) is 46.7. The first-order valence-electron chi connectivity index (χ1n) is 27.6. The van der Waals surface area contributed by atoms with Crippen LogP contribution in [0.1, 0.15) is 226 Å². The van der Waals surface area contributed by atoms with Gasteiger partial charge in [0.1, 0.15) is 24.4 Å². The third kappa shape index (κ3) is 36.3. The van der Waals surface area contributed by atoms with E-state index in [2.05, 4.69) is 67.8 Å². The van der Waals surface area contributed by atoms with E-state index in [1.165, 1.54) is 103 Å². The number of carbonyl (C=O) groups is 2. The summed E-state index contributed by atoms with van der Waals surface area (Å²) in [4.78, 5) is 25.0. The summed E-state index contributed by atoms with van der Waals surface area (Å²) in [5, 5.41) is 54.2. The molecule has 6 N–H and O–H groups in total. The Labute approximate surface area is 414 Å². The molecular formula is C57H101NO10. The van der Waals surface area contributed by atoms with Gasteiger partial charge in [-0.25, -0.2) is 0 Å². The molecule has 1 rings (SSSR count). The highest BCUT2D eigenvalue weighted by Crippen LogP contribution is 2.23. The molecule has 1 heterocycles. The van der Waals surface area contributed by atoms with Gasteiger partial charge < -0.3 is 45.1 Å². The van der Waals surface area contributed by atoms with Crippen LogP contribution in [0.2, 0.25) is 0 Å². The molecule has 11 heteroatoms. The Morgan fingerprint density at radius 3 is 1.59 bits per heavy atom. The van der Waals surface area contributed by atoms with Crippen LogP contribution >= 0.6 is 0 Å². The maximum atomic E-state index is 13.0. The second-order valence-corrected chi connectivity index (χ2v) is 18.9. The van der Waals surface area contributed by atoms with E-state index in [4.69, 9.17) is 14.2 Å². The van der Waals surface area contributed by atoms with Crippen molar-refractivity contribution in [1.29, 1.82) is 0 Å². The number of aliphatic hydroxyl groups excluding tert-OH is 5. The normalized spacial score (nSPS) is 19.9. The highest BCUT2D eigenvalue weighted by molar-refractivity contribution is 5.76. The first kappa shape index (κ1) is 63.4. The lowest BCUT2D eigenvalue weighted by atomic mass is 9.99. The van der Waals surface area contributed by atoms with Crippen LogP contribution in [0, 0.1) is 0 Å². The summed E-state index contributed by atoms with van der Waals surface area (Å²) < 4.78 is 16.6. The predicted molar refractivity (Wildman–Crippen MR) is 278 cm³/mol. The average molecular weight is 960 g/mol. The lowest BCUT2D eigenvalue weighted by Crippen LogP contribution is -2.60. The van der Waals surface area contributed by atoms with Crippen molar-refractivity contribution in [2.24, 2.45) is 0 Å². The summed E-state index contributed by atoms with van der Waals surface area (Å²) in [6.45, 7) is 4.20. The van der Waals surface area contributed by atoms with Crippen LogP contribution in [0.4, 0.5) is 0 Å². The van der Waals surface area contributed by atoms with Gasteiger partial charge in [0.05, 0.1) is 32.0 Å². The van der Waals surface area contributed by atoms with Crippen LogP contribution in [0.15, 0.2) is 60.8 Å². The van der Waals surface area contributed by atoms with Crippen molar-refractivity contribution < 1.29 is 49.3 Å². The molecule has 1 aliphatic heterocycles. The molecule has 1 aliphatic rings. The van der Waals surface area contributed by atoms with Gasteiger partial charge in [-0.05, 0) is 103 Å². The van der Waals surface area contributed by atoms with Gasteiger partial charge in [-0.1, -0.05) is 171 Å². The Hall–Kier alpha value is -2.64. The topological polar surface area (TPSA) is 175 Å². The largest absolute Gasteiger partial charge is 0.466 e. The summed E-state index contributed by atoms with van der Waals surface area (Å²) in [6, 6.07) is -0.840. The number of hydrogen-bond acceptors (Lipinski definition) is 10.